The lowest BCUT2D eigenvalue weighted by atomic mass is 9.95. The van der Waals surface area contributed by atoms with Crippen LogP contribution in [0, 0.1) is 0 Å². The van der Waals surface area contributed by atoms with Crippen molar-refractivity contribution in [3.8, 4) is 17.0 Å². The largest absolute Gasteiger partial charge is 0.481 e. The molecule has 0 spiro atoms. The van der Waals surface area contributed by atoms with Gasteiger partial charge < -0.3 is 20.4 Å². The number of aromatic amines is 1. The van der Waals surface area contributed by atoms with Gasteiger partial charge in [-0.25, -0.2) is 4.98 Å². The minimum absolute atomic E-state index is 0.119. The Morgan fingerprint density at radius 2 is 2.03 bits per heavy atom. The molecule has 1 aromatic carbocycles. The summed E-state index contributed by atoms with van der Waals surface area (Å²) in [4.78, 5) is 32.9. The molecule has 4 aromatic rings. The molecule has 0 aliphatic heterocycles. The van der Waals surface area contributed by atoms with E-state index in [1.807, 2.05) is 36.4 Å². The fourth-order valence-electron chi connectivity index (χ4n) is 3.97. The number of ether oxygens (including phenoxy) is 1. The predicted molar refractivity (Wildman–Crippen MR) is 134 cm³/mol. The van der Waals surface area contributed by atoms with Gasteiger partial charge in [-0.15, -0.1) is 11.3 Å². The number of nitrogens with one attached hydrogen (secondary N) is 3. The van der Waals surface area contributed by atoms with E-state index in [1.54, 1.807) is 23.7 Å². The molecule has 1 aliphatic rings. The summed E-state index contributed by atoms with van der Waals surface area (Å²) < 4.78 is 5.96. The summed E-state index contributed by atoms with van der Waals surface area (Å²) in [7, 11) is 0. The molecule has 0 bridgehead atoms. The van der Waals surface area contributed by atoms with Gasteiger partial charge in [0.15, 0.2) is 12.4 Å². The van der Waals surface area contributed by atoms with Gasteiger partial charge in [-0.1, -0.05) is 29.8 Å². The maximum absolute atomic E-state index is 12.8. The number of H-pyrrole nitrogens is 1. The Morgan fingerprint density at radius 1 is 1.18 bits per heavy atom. The monoisotopic (exact) mass is 492 g/mol. The van der Waals surface area contributed by atoms with Crippen LogP contribution >= 0.6 is 22.9 Å². The summed E-state index contributed by atoms with van der Waals surface area (Å²) in [5.74, 6) is 0.623. The van der Waals surface area contributed by atoms with Crippen LogP contribution in [0.25, 0.3) is 11.3 Å². The number of thiophene rings is 1. The zero-order valence-corrected chi connectivity index (χ0v) is 19.6. The van der Waals surface area contributed by atoms with Crippen molar-refractivity contribution in [1.29, 1.82) is 0 Å². The molecule has 0 radical (unpaired) electrons. The molecule has 3 N–H and O–H groups in total. The number of rotatable bonds is 7. The molecule has 0 atom stereocenters. The zero-order valence-electron chi connectivity index (χ0n) is 18.1. The van der Waals surface area contributed by atoms with Gasteiger partial charge in [-0.2, -0.15) is 0 Å². The summed E-state index contributed by atoms with van der Waals surface area (Å²) in [5, 5.41) is 7.97. The number of nitrogens with zero attached hydrogens (tertiary/aromatic N) is 1. The molecular weight excluding hydrogens is 472 g/mol. The molecule has 172 valence electrons. The number of aryl methyl sites for hydroxylation is 1. The number of halogens is 1. The van der Waals surface area contributed by atoms with Gasteiger partial charge >= 0.3 is 0 Å². The highest BCUT2D eigenvalue weighted by molar-refractivity contribution is 7.14. The van der Waals surface area contributed by atoms with E-state index >= 15 is 0 Å². The van der Waals surface area contributed by atoms with Crippen LogP contribution in [0.1, 0.15) is 28.9 Å². The molecule has 0 unspecified atom stereocenters. The van der Waals surface area contributed by atoms with Crippen molar-refractivity contribution in [1.82, 2.24) is 9.97 Å². The third-order valence-electron chi connectivity index (χ3n) is 5.49. The maximum atomic E-state index is 12.8. The Hall–Kier alpha value is -3.62. The van der Waals surface area contributed by atoms with Gasteiger partial charge in [0, 0.05) is 29.6 Å². The number of para-hydroxylation sites is 1. The Bertz CT molecular complexity index is 1350. The molecule has 3 heterocycles. The second-order valence-corrected chi connectivity index (χ2v) is 9.34. The van der Waals surface area contributed by atoms with Crippen molar-refractivity contribution in [2.45, 2.75) is 19.3 Å². The van der Waals surface area contributed by atoms with Gasteiger partial charge in [-0.3, -0.25) is 9.59 Å². The van der Waals surface area contributed by atoms with E-state index in [9.17, 15) is 9.59 Å². The minimum Gasteiger partial charge on any atom is -0.481 e. The fraction of sp³-hybridized carbons (Fsp3) is 0.160. The molecule has 3 aromatic heterocycles. The number of amides is 1. The van der Waals surface area contributed by atoms with Crippen LogP contribution in [0.2, 0.25) is 4.34 Å². The molecular formula is C25H21ClN4O3S. The lowest BCUT2D eigenvalue weighted by molar-refractivity contribution is -0.118. The number of ketones is 1. The quantitative estimate of drug-likeness (QED) is 0.291. The molecule has 1 amide bonds. The molecule has 0 saturated heterocycles. The van der Waals surface area contributed by atoms with Crippen molar-refractivity contribution >= 4 is 51.8 Å². The van der Waals surface area contributed by atoms with E-state index in [-0.39, 0.29) is 18.3 Å². The van der Waals surface area contributed by atoms with Crippen molar-refractivity contribution < 1.29 is 14.3 Å². The first-order chi connectivity index (χ1) is 16.6. The number of aromatic nitrogens is 2. The summed E-state index contributed by atoms with van der Waals surface area (Å²) in [6.45, 7) is -0.186. The average molecular weight is 493 g/mol. The number of fused-ring (bicyclic) bond motifs is 1. The van der Waals surface area contributed by atoms with E-state index < -0.39 is 0 Å². The molecule has 9 heteroatoms. The van der Waals surface area contributed by atoms with E-state index in [1.165, 1.54) is 11.3 Å². The van der Waals surface area contributed by atoms with Crippen LogP contribution in [-0.2, 0) is 11.2 Å². The smallest absolute Gasteiger partial charge is 0.263 e. The molecule has 0 saturated carbocycles. The highest BCUT2D eigenvalue weighted by atomic mass is 35.5. The number of hydrogen-bond acceptors (Lipinski definition) is 6. The van der Waals surface area contributed by atoms with Crippen LogP contribution in [0.4, 0.5) is 17.2 Å². The maximum Gasteiger partial charge on any atom is 0.263 e. The van der Waals surface area contributed by atoms with E-state index in [0.717, 1.165) is 41.2 Å². The summed E-state index contributed by atoms with van der Waals surface area (Å²) in [6.07, 6.45) is 3.78. The second-order valence-electron chi connectivity index (χ2n) is 7.82. The highest BCUT2D eigenvalue weighted by Crippen LogP contribution is 2.39. The van der Waals surface area contributed by atoms with E-state index in [0.29, 0.717) is 27.9 Å². The van der Waals surface area contributed by atoms with Crippen molar-refractivity contribution in [3.63, 3.8) is 0 Å². The molecule has 7 nitrogen and oxygen atoms in total. The minimum atomic E-state index is -0.351. The first kappa shape index (κ1) is 22.2. The lowest BCUT2D eigenvalue weighted by Crippen LogP contribution is -2.20. The number of benzene rings is 1. The van der Waals surface area contributed by atoms with Crippen LogP contribution in [0.15, 0.2) is 60.1 Å². The SMILES string of the molecule is O=C(COc1ccsc1Cl)Nc1cc(-c2[nH]c3c(c2Nc2ccccc2)C(=O)CCC3)ccn1. The number of hydrogen-bond donors (Lipinski definition) is 3. The number of carbonyl (C=O) groups is 2. The van der Waals surface area contributed by atoms with Gasteiger partial charge in [-0.05, 0) is 48.6 Å². The summed E-state index contributed by atoms with van der Waals surface area (Å²) >= 11 is 7.35. The number of pyridine rings is 1. The second kappa shape index (κ2) is 9.70. The molecule has 1 aliphatic carbocycles. The van der Waals surface area contributed by atoms with Crippen molar-refractivity contribution in [2.75, 3.05) is 17.2 Å². The first-order valence-electron chi connectivity index (χ1n) is 10.8. The van der Waals surface area contributed by atoms with Gasteiger partial charge in [0.2, 0.25) is 0 Å². The van der Waals surface area contributed by atoms with Crippen LogP contribution in [0.5, 0.6) is 5.75 Å². The van der Waals surface area contributed by atoms with Crippen LogP contribution < -0.4 is 15.4 Å². The highest BCUT2D eigenvalue weighted by Gasteiger charge is 2.27. The zero-order chi connectivity index (χ0) is 23.5. The topological polar surface area (TPSA) is 96.1 Å². The number of Topliss-reactive ketones (excluding diaryl/α,β-unsaturated/α-hetero) is 1. The molecule has 5 rings (SSSR count). The Labute approximate surface area is 205 Å². The summed E-state index contributed by atoms with van der Waals surface area (Å²) in [5.41, 5.74) is 4.83. The fourth-order valence-corrected chi connectivity index (χ4v) is 4.79. The molecule has 0 fully saturated rings. The average Bonchev–Trinajstić information content (AvgIpc) is 3.42. The Kier molecular flexibility index (Phi) is 6.33. The molecule has 34 heavy (non-hydrogen) atoms. The number of anilines is 3. The first-order valence-corrected chi connectivity index (χ1v) is 12.1. The predicted octanol–water partition coefficient (Wildman–Crippen LogP) is 6.07. The van der Waals surface area contributed by atoms with Crippen LogP contribution in [0.3, 0.4) is 0 Å². The van der Waals surface area contributed by atoms with Crippen molar-refractivity contribution in [3.05, 3.63) is 75.7 Å². The standard InChI is InChI=1S/C25H21ClN4O3S/c26-25-19(10-12-34-25)33-14-21(32)30-20-13-15(9-11-27-20)23-24(28-16-5-2-1-3-6-16)22-17(29-23)7-4-8-18(22)31/h1-3,5-6,9-13,28-29H,4,7-8,14H2,(H,27,30,32). The van der Waals surface area contributed by atoms with Crippen molar-refractivity contribution in [2.24, 2.45) is 0 Å². The van der Waals surface area contributed by atoms with Gasteiger partial charge in [0.05, 0.1) is 16.9 Å². The lowest BCUT2D eigenvalue weighted by Gasteiger charge is -2.14. The van der Waals surface area contributed by atoms with E-state index in [2.05, 4.69) is 20.6 Å². The third kappa shape index (κ3) is 4.69. The van der Waals surface area contributed by atoms with E-state index in [4.69, 9.17) is 16.3 Å². The van der Waals surface area contributed by atoms with Gasteiger partial charge in [0.1, 0.15) is 15.9 Å². The normalized spacial score (nSPS) is 12.8. The Morgan fingerprint density at radius 3 is 2.82 bits per heavy atom. The number of carbonyl (C=O) groups excluding carboxylic acids is 2. The van der Waals surface area contributed by atoms with Gasteiger partial charge in [0.25, 0.3) is 5.91 Å². The third-order valence-corrected chi connectivity index (χ3v) is 6.62. The summed E-state index contributed by atoms with van der Waals surface area (Å²) in [6, 6.07) is 15.1. The van der Waals surface area contributed by atoms with Crippen LogP contribution in [-0.4, -0.2) is 28.3 Å². The Balaban J connectivity index is 1.41.